The fourth-order valence-corrected chi connectivity index (χ4v) is 5.28. The number of ketones is 1. The first-order valence-corrected chi connectivity index (χ1v) is 12.3. The second-order valence-corrected chi connectivity index (χ2v) is 9.97. The Balaban J connectivity index is 1.68. The van der Waals surface area contributed by atoms with Crippen LogP contribution in [0.1, 0.15) is 49.4 Å². The smallest absolute Gasteiger partial charge is 0.340 e. The minimum atomic E-state index is -3.75. The highest BCUT2D eigenvalue weighted by atomic mass is 32.2. The van der Waals surface area contributed by atoms with Crippen LogP contribution >= 0.6 is 0 Å². The number of sulfonamides is 1. The third-order valence-corrected chi connectivity index (χ3v) is 7.71. The van der Waals surface area contributed by atoms with Gasteiger partial charge in [-0.3, -0.25) is 9.59 Å². The van der Waals surface area contributed by atoms with Crippen molar-refractivity contribution in [1.29, 1.82) is 0 Å². The van der Waals surface area contributed by atoms with Gasteiger partial charge in [-0.15, -0.1) is 0 Å². The molecule has 2 heterocycles. The lowest BCUT2D eigenvalue weighted by Crippen LogP contribution is -2.50. The summed E-state index contributed by atoms with van der Waals surface area (Å²) in [6.45, 7) is 5.84. The highest BCUT2D eigenvalue weighted by molar-refractivity contribution is 7.89. The average Bonchev–Trinajstić information content (AvgIpc) is 3.12. The van der Waals surface area contributed by atoms with Gasteiger partial charge in [0, 0.05) is 44.5 Å². The second-order valence-electron chi connectivity index (χ2n) is 8.03. The Hall–Kier alpha value is -3.02. The first-order valence-electron chi connectivity index (χ1n) is 10.8. The maximum absolute atomic E-state index is 13.1. The van der Waals surface area contributed by atoms with E-state index in [1.54, 1.807) is 18.7 Å². The van der Waals surface area contributed by atoms with Crippen molar-refractivity contribution in [2.45, 2.75) is 25.7 Å². The van der Waals surface area contributed by atoms with Gasteiger partial charge in [-0.25, -0.2) is 13.2 Å². The largest absolute Gasteiger partial charge is 0.460 e. The minimum absolute atomic E-state index is 0.102. The van der Waals surface area contributed by atoms with Crippen molar-refractivity contribution < 1.29 is 32.3 Å². The van der Waals surface area contributed by atoms with Crippen LogP contribution in [0.25, 0.3) is 0 Å². The number of aromatic amines is 1. The molecule has 2 aromatic rings. The highest BCUT2D eigenvalue weighted by Gasteiger charge is 2.32. The Kier molecular flexibility index (Phi) is 7.90. The van der Waals surface area contributed by atoms with Gasteiger partial charge in [0.2, 0.25) is 10.0 Å². The van der Waals surface area contributed by atoms with Crippen molar-refractivity contribution in [3.8, 4) is 0 Å². The number of methoxy groups -OCH3 is 1. The predicted molar refractivity (Wildman–Crippen MR) is 124 cm³/mol. The molecule has 34 heavy (non-hydrogen) atoms. The van der Waals surface area contributed by atoms with E-state index in [0.29, 0.717) is 22.4 Å². The van der Waals surface area contributed by atoms with Crippen molar-refractivity contribution in [3.63, 3.8) is 0 Å². The number of aromatic nitrogens is 1. The van der Waals surface area contributed by atoms with Gasteiger partial charge in [0.15, 0.2) is 5.78 Å². The molecular formula is C23H29N3O7S. The van der Waals surface area contributed by atoms with Gasteiger partial charge in [-0.2, -0.15) is 4.31 Å². The average molecular weight is 492 g/mol. The third-order valence-electron chi connectivity index (χ3n) is 5.80. The number of benzene rings is 1. The quantitative estimate of drug-likeness (QED) is 0.339. The van der Waals surface area contributed by atoms with Crippen LogP contribution in [0, 0.1) is 13.8 Å². The summed E-state index contributed by atoms with van der Waals surface area (Å²) in [4.78, 5) is 41.6. The Morgan fingerprint density at radius 2 is 1.62 bits per heavy atom. The van der Waals surface area contributed by atoms with Gasteiger partial charge in [-0.1, -0.05) is 12.1 Å². The summed E-state index contributed by atoms with van der Waals surface area (Å²) in [5.41, 5.74) is 2.05. The molecule has 1 aliphatic rings. The van der Waals surface area contributed by atoms with Gasteiger partial charge in [-0.05, 0) is 38.5 Å². The van der Waals surface area contributed by atoms with Crippen LogP contribution < -0.4 is 0 Å². The lowest BCUT2D eigenvalue weighted by Gasteiger charge is -2.34. The monoisotopic (exact) mass is 491 g/mol. The van der Waals surface area contributed by atoms with E-state index in [1.165, 1.54) is 42.6 Å². The molecule has 1 N–H and O–H groups in total. The SMILES string of the molecule is COCCOC(=O)c1c(C)[nH]c(C(=O)N2CCN(S(=O)(=O)c3ccc(C(C)=O)cc3)CC2)c1C. The minimum Gasteiger partial charge on any atom is -0.460 e. The Bertz CT molecular complexity index is 1180. The molecule has 0 spiro atoms. The van der Waals surface area contributed by atoms with E-state index in [4.69, 9.17) is 9.47 Å². The molecule has 0 radical (unpaired) electrons. The molecule has 1 aromatic carbocycles. The molecule has 0 aliphatic carbocycles. The maximum atomic E-state index is 13.1. The molecular weight excluding hydrogens is 462 g/mol. The topological polar surface area (TPSA) is 126 Å². The number of nitrogens with one attached hydrogen (secondary N) is 1. The summed E-state index contributed by atoms with van der Waals surface area (Å²) in [6, 6.07) is 5.82. The second kappa shape index (κ2) is 10.5. The summed E-state index contributed by atoms with van der Waals surface area (Å²) in [7, 11) is -2.24. The van der Waals surface area contributed by atoms with Crippen LogP contribution in [0.15, 0.2) is 29.2 Å². The van der Waals surface area contributed by atoms with Crippen molar-refractivity contribution >= 4 is 27.7 Å². The summed E-state index contributed by atoms with van der Waals surface area (Å²) in [6.07, 6.45) is 0. The lowest BCUT2D eigenvalue weighted by atomic mass is 10.1. The summed E-state index contributed by atoms with van der Waals surface area (Å²) in [5.74, 6) is -0.981. The first kappa shape index (κ1) is 25.6. The molecule has 10 nitrogen and oxygen atoms in total. The Morgan fingerprint density at radius 3 is 2.18 bits per heavy atom. The van der Waals surface area contributed by atoms with Crippen molar-refractivity contribution in [1.82, 2.24) is 14.2 Å². The number of amides is 1. The number of aryl methyl sites for hydroxylation is 1. The van der Waals surface area contributed by atoms with E-state index in [2.05, 4.69) is 4.98 Å². The zero-order valence-corrected chi connectivity index (χ0v) is 20.5. The molecule has 1 saturated heterocycles. The van der Waals surface area contributed by atoms with Crippen LogP contribution in [-0.4, -0.2) is 86.8 Å². The van der Waals surface area contributed by atoms with E-state index in [9.17, 15) is 22.8 Å². The molecule has 1 aliphatic heterocycles. The molecule has 1 fully saturated rings. The number of nitrogens with zero attached hydrogens (tertiary/aromatic N) is 2. The summed E-state index contributed by atoms with van der Waals surface area (Å²) in [5, 5.41) is 0. The molecule has 11 heteroatoms. The van der Waals surface area contributed by atoms with Crippen LogP contribution in [0.4, 0.5) is 0 Å². The van der Waals surface area contributed by atoms with E-state index in [-0.39, 0.29) is 61.7 Å². The lowest BCUT2D eigenvalue weighted by molar-refractivity contribution is 0.0386. The Labute approximate surface area is 198 Å². The van der Waals surface area contributed by atoms with Crippen molar-refractivity contribution in [3.05, 3.63) is 52.3 Å². The summed E-state index contributed by atoms with van der Waals surface area (Å²) < 4.78 is 37.3. The number of rotatable bonds is 8. The van der Waals surface area contributed by atoms with Gasteiger partial charge < -0.3 is 19.4 Å². The zero-order chi connectivity index (χ0) is 25.0. The number of esters is 1. The third kappa shape index (κ3) is 5.21. The van der Waals surface area contributed by atoms with Gasteiger partial charge in [0.05, 0.1) is 17.1 Å². The number of H-pyrrole nitrogens is 1. The van der Waals surface area contributed by atoms with Crippen LogP contribution in [0.5, 0.6) is 0 Å². The number of carbonyl (C=O) groups excluding carboxylic acids is 3. The maximum Gasteiger partial charge on any atom is 0.340 e. The number of piperazine rings is 1. The van der Waals surface area contributed by atoms with Gasteiger partial charge >= 0.3 is 5.97 Å². The number of ether oxygens (including phenoxy) is 2. The first-order chi connectivity index (χ1) is 16.1. The highest BCUT2D eigenvalue weighted by Crippen LogP contribution is 2.23. The normalized spacial score (nSPS) is 14.8. The Morgan fingerprint density at radius 1 is 1.00 bits per heavy atom. The number of hydrogen-bond donors (Lipinski definition) is 1. The van der Waals surface area contributed by atoms with E-state index in [1.807, 2.05) is 0 Å². The molecule has 0 unspecified atom stereocenters. The number of hydrogen-bond acceptors (Lipinski definition) is 7. The molecule has 184 valence electrons. The van der Waals surface area contributed by atoms with Crippen LogP contribution in [0.2, 0.25) is 0 Å². The molecule has 1 aromatic heterocycles. The fraction of sp³-hybridized carbons (Fsp3) is 0.435. The van der Waals surface area contributed by atoms with Gasteiger partial charge in [0.25, 0.3) is 5.91 Å². The van der Waals surface area contributed by atoms with E-state index in [0.717, 1.165) is 0 Å². The van der Waals surface area contributed by atoms with Crippen LogP contribution in [0.3, 0.4) is 0 Å². The summed E-state index contributed by atoms with van der Waals surface area (Å²) >= 11 is 0. The fourth-order valence-electron chi connectivity index (χ4n) is 3.86. The van der Waals surface area contributed by atoms with Crippen molar-refractivity contribution in [2.75, 3.05) is 46.5 Å². The van der Waals surface area contributed by atoms with Gasteiger partial charge in [0.1, 0.15) is 12.3 Å². The van der Waals surface area contributed by atoms with Crippen molar-refractivity contribution in [2.24, 2.45) is 0 Å². The van der Waals surface area contributed by atoms with E-state index < -0.39 is 16.0 Å². The molecule has 3 rings (SSSR count). The zero-order valence-electron chi connectivity index (χ0n) is 19.7. The number of Topliss-reactive ketones (excluding diaryl/α,β-unsaturated/α-hetero) is 1. The van der Waals surface area contributed by atoms with E-state index >= 15 is 0 Å². The standard InChI is InChI=1S/C23H29N3O7S/c1-15-20(23(29)33-14-13-32-4)16(2)24-21(15)22(28)25-9-11-26(12-10-25)34(30,31)19-7-5-18(6-8-19)17(3)27/h5-8,24H,9-14H2,1-4H3. The molecule has 0 atom stereocenters. The molecule has 1 amide bonds. The predicted octanol–water partition coefficient (Wildman–Crippen LogP) is 1.78. The molecule has 0 saturated carbocycles. The molecule has 0 bridgehead atoms. The number of carbonyl (C=O) groups is 3. The van der Waals surface area contributed by atoms with Crippen LogP contribution in [-0.2, 0) is 19.5 Å².